The van der Waals surface area contributed by atoms with E-state index in [2.05, 4.69) is 38.2 Å². The van der Waals surface area contributed by atoms with Gasteiger partial charge >= 0.3 is 0 Å². The lowest BCUT2D eigenvalue weighted by molar-refractivity contribution is 0.386. The number of ether oxygens (including phenoxy) is 1. The van der Waals surface area contributed by atoms with Gasteiger partial charge in [-0.05, 0) is 47.9 Å². The molecule has 0 saturated heterocycles. The third-order valence-corrected chi connectivity index (χ3v) is 9.12. The van der Waals surface area contributed by atoms with Gasteiger partial charge in [0.2, 0.25) is 0 Å². The number of anilines is 1. The molecule has 22 heavy (non-hydrogen) atoms. The molecule has 2 rings (SSSR count). The SMILES string of the molecule is COc1ccc(-c2cc(N)sn2)cc1O[Si](C)(C)C(C)(C)C. The first-order valence-corrected chi connectivity index (χ1v) is 10.9. The predicted octanol–water partition coefficient (Wildman–Crippen LogP) is 4.78. The van der Waals surface area contributed by atoms with Gasteiger partial charge in [0.15, 0.2) is 5.75 Å². The van der Waals surface area contributed by atoms with Crippen LogP contribution in [0.1, 0.15) is 20.8 Å². The Kier molecular flexibility index (Phi) is 4.53. The molecule has 0 aliphatic heterocycles. The monoisotopic (exact) mass is 336 g/mol. The normalized spacial score (nSPS) is 12.3. The molecule has 0 unspecified atom stereocenters. The molecule has 0 radical (unpaired) electrons. The van der Waals surface area contributed by atoms with Crippen molar-refractivity contribution >= 4 is 24.9 Å². The number of hydrogen-bond donors (Lipinski definition) is 1. The van der Waals surface area contributed by atoms with Crippen molar-refractivity contribution in [2.45, 2.75) is 38.9 Å². The van der Waals surface area contributed by atoms with E-state index in [1.807, 2.05) is 24.3 Å². The van der Waals surface area contributed by atoms with Gasteiger partial charge in [0.1, 0.15) is 10.8 Å². The first-order valence-electron chi connectivity index (χ1n) is 7.23. The molecule has 2 aromatic rings. The molecule has 0 fully saturated rings. The van der Waals surface area contributed by atoms with E-state index < -0.39 is 8.32 Å². The molecule has 120 valence electrons. The second-order valence-corrected chi connectivity index (χ2v) is 12.4. The van der Waals surface area contributed by atoms with Crippen LogP contribution in [0.5, 0.6) is 11.5 Å². The quantitative estimate of drug-likeness (QED) is 0.816. The molecule has 0 spiro atoms. The van der Waals surface area contributed by atoms with E-state index in [9.17, 15) is 0 Å². The minimum Gasteiger partial charge on any atom is -0.541 e. The van der Waals surface area contributed by atoms with Gasteiger partial charge in [0, 0.05) is 11.6 Å². The maximum Gasteiger partial charge on any atom is 0.250 e. The lowest BCUT2D eigenvalue weighted by atomic mass is 10.1. The summed E-state index contributed by atoms with van der Waals surface area (Å²) in [5, 5.41) is 0.830. The summed E-state index contributed by atoms with van der Waals surface area (Å²) in [7, 11) is -0.273. The zero-order valence-corrected chi connectivity index (χ0v) is 15.9. The second-order valence-electron chi connectivity index (χ2n) is 6.84. The van der Waals surface area contributed by atoms with Gasteiger partial charge in [0.05, 0.1) is 12.8 Å². The third kappa shape index (κ3) is 3.44. The average Bonchev–Trinajstić information content (AvgIpc) is 2.83. The van der Waals surface area contributed by atoms with Crippen molar-refractivity contribution in [3.8, 4) is 22.8 Å². The molecule has 1 aromatic heterocycles. The van der Waals surface area contributed by atoms with Crippen LogP contribution in [0.3, 0.4) is 0 Å². The molecule has 0 saturated carbocycles. The number of benzene rings is 1. The van der Waals surface area contributed by atoms with E-state index in [4.69, 9.17) is 14.9 Å². The Labute approximate surface area is 137 Å². The van der Waals surface area contributed by atoms with Crippen LogP contribution in [-0.4, -0.2) is 19.8 Å². The molecular formula is C16H24N2O2SSi. The molecule has 1 aromatic carbocycles. The number of aromatic nitrogens is 1. The smallest absolute Gasteiger partial charge is 0.250 e. The van der Waals surface area contributed by atoms with Crippen LogP contribution in [-0.2, 0) is 0 Å². The highest BCUT2D eigenvalue weighted by Gasteiger charge is 2.39. The van der Waals surface area contributed by atoms with Crippen molar-refractivity contribution in [1.82, 2.24) is 4.37 Å². The van der Waals surface area contributed by atoms with E-state index in [0.29, 0.717) is 5.00 Å². The molecule has 0 atom stereocenters. The third-order valence-electron chi connectivity index (χ3n) is 4.16. The zero-order valence-electron chi connectivity index (χ0n) is 14.1. The Morgan fingerprint density at radius 3 is 2.32 bits per heavy atom. The molecule has 0 aliphatic carbocycles. The minimum absolute atomic E-state index is 0.124. The van der Waals surface area contributed by atoms with E-state index in [0.717, 1.165) is 22.8 Å². The number of nitrogens with two attached hydrogens (primary N) is 1. The van der Waals surface area contributed by atoms with Crippen LogP contribution < -0.4 is 14.9 Å². The zero-order chi connectivity index (χ0) is 16.5. The fourth-order valence-electron chi connectivity index (χ4n) is 1.77. The van der Waals surface area contributed by atoms with Crippen molar-refractivity contribution in [1.29, 1.82) is 0 Å². The Hall–Kier alpha value is -1.53. The van der Waals surface area contributed by atoms with Crippen LogP contribution in [0.15, 0.2) is 24.3 Å². The van der Waals surface area contributed by atoms with Crippen molar-refractivity contribution in [2.75, 3.05) is 12.8 Å². The molecular weight excluding hydrogens is 312 g/mol. The van der Waals surface area contributed by atoms with Gasteiger partial charge in [-0.2, -0.15) is 4.37 Å². The minimum atomic E-state index is -1.93. The number of methoxy groups -OCH3 is 1. The van der Waals surface area contributed by atoms with E-state index in [1.54, 1.807) is 7.11 Å². The van der Waals surface area contributed by atoms with Crippen LogP contribution >= 0.6 is 11.5 Å². The van der Waals surface area contributed by atoms with Crippen LogP contribution in [0.4, 0.5) is 5.00 Å². The average molecular weight is 337 g/mol. The van der Waals surface area contributed by atoms with Crippen molar-refractivity contribution in [3.63, 3.8) is 0 Å². The molecule has 4 nitrogen and oxygen atoms in total. The van der Waals surface area contributed by atoms with Gasteiger partial charge in [-0.25, -0.2) is 0 Å². The van der Waals surface area contributed by atoms with E-state index in [1.165, 1.54) is 11.5 Å². The van der Waals surface area contributed by atoms with Crippen LogP contribution in [0, 0.1) is 0 Å². The van der Waals surface area contributed by atoms with Crippen LogP contribution in [0.2, 0.25) is 18.1 Å². The molecule has 0 amide bonds. The van der Waals surface area contributed by atoms with Gasteiger partial charge in [-0.3, -0.25) is 0 Å². The Morgan fingerprint density at radius 2 is 1.82 bits per heavy atom. The fraction of sp³-hybridized carbons (Fsp3) is 0.438. The highest BCUT2D eigenvalue weighted by molar-refractivity contribution is 7.10. The summed E-state index contributed by atoms with van der Waals surface area (Å²) >= 11 is 1.30. The van der Waals surface area contributed by atoms with Gasteiger partial charge in [0.25, 0.3) is 8.32 Å². The van der Waals surface area contributed by atoms with Gasteiger partial charge in [-0.15, -0.1) is 0 Å². The first-order chi connectivity index (χ1) is 10.1. The van der Waals surface area contributed by atoms with E-state index >= 15 is 0 Å². The molecule has 0 aliphatic rings. The van der Waals surface area contributed by atoms with Crippen LogP contribution in [0.25, 0.3) is 11.3 Å². The van der Waals surface area contributed by atoms with Crippen molar-refractivity contribution in [3.05, 3.63) is 24.3 Å². The van der Waals surface area contributed by atoms with E-state index in [-0.39, 0.29) is 5.04 Å². The maximum absolute atomic E-state index is 6.42. The number of nitrogen functional groups attached to an aromatic ring is 1. The Morgan fingerprint density at radius 1 is 1.14 bits per heavy atom. The van der Waals surface area contributed by atoms with Crippen molar-refractivity contribution < 1.29 is 9.16 Å². The largest absolute Gasteiger partial charge is 0.541 e. The number of nitrogens with zero attached hydrogens (tertiary/aromatic N) is 1. The molecule has 2 N–H and O–H groups in total. The summed E-state index contributed by atoms with van der Waals surface area (Å²) in [6.45, 7) is 11.1. The van der Waals surface area contributed by atoms with Gasteiger partial charge in [-0.1, -0.05) is 20.8 Å². The summed E-state index contributed by atoms with van der Waals surface area (Å²) in [5.41, 5.74) is 7.63. The standard InChI is InChI=1S/C16H24N2O2SSi/c1-16(2,3)22(5,6)20-14-9-11(7-8-13(14)19-4)12-10-15(17)21-18-12/h7-10H,17H2,1-6H3. The topological polar surface area (TPSA) is 57.4 Å². The number of hydrogen-bond acceptors (Lipinski definition) is 5. The lowest BCUT2D eigenvalue weighted by Gasteiger charge is -2.36. The maximum atomic E-state index is 6.42. The number of rotatable bonds is 4. The summed E-state index contributed by atoms with van der Waals surface area (Å²) < 4.78 is 16.2. The van der Waals surface area contributed by atoms with Gasteiger partial charge < -0.3 is 14.9 Å². The van der Waals surface area contributed by atoms with Crippen molar-refractivity contribution in [2.24, 2.45) is 0 Å². The lowest BCUT2D eigenvalue weighted by Crippen LogP contribution is -2.43. The highest BCUT2D eigenvalue weighted by atomic mass is 32.1. The summed E-state index contributed by atoms with van der Waals surface area (Å²) in [5.74, 6) is 1.52. The first kappa shape index (κ1) is 16.8. The molecule has 0 bridgehead atoms. The fourth-order valence-corrected chi connectivity index (χ4v) is 3.31. The highest BCUT2D eigenvalue weighted by Crippen LogP contribution is 2.41. The molecule has 1 heterocycles. The predicted molar refractivity (Wildman–Crippen MR) is 96.3 cm³/mol. The summed E-state index contributed by atoms with van der Waals surface area (Å²) in [4.78, 5) is 0. The Bertz CT molecular complexity index is 662. The summed E-state index contributed by atoms with van der Waals surface area (Å²) in [6, 6.07) is 7.77. The second kappa shape index (κ2) is 5.93. The molecule has 6 heteroatoms. The summed E-state index contributed by atoms with van der Waals surface area (Å²) in [6.07, 6.45) is 0. The Balaban J connectivity index is 2.41.